The lowest BCUT2D eigenvalue weighted by Gasteiger charge is -2.14. The third-order valence-corrected chi connectivity index (χ3v) is 6.58. The summed E-state index contributed by atoms with van der Waals surface area (Å²) in [5.41, 5.74) is 5.69. The average Bonchev–Trinajstić information content (AvgIpc) is 3.19. The van der Waals surface area contributed by atoms with Gasteiger partial charge in [-0.25, -0.2) is 4.79 Å². The van der Waals surface area contributed by atoms with Crippen LogP contribution in [0.3, 0.4) is 0 Å². The molecule has 1 heterocycles. The molecule has 4 rings (SSSR count). The topological polar surface area (TPSA) is 69.9 Å². The SMILES string of the molecule is CCCCOc1ccc(-c2c(C)c3cc(OCCCC)ccc3n2Cc2ccc(OCC(=O)O)cc2)cc1. The summed E-state index contributed by atoms with van der Waals surface area (Å²) in [6.45, 7) is 8.22. The minimum Gasteiger partial charge on any atom is -0.494 e. The second kappa shape index (κ2) is 13.0. The van der Waals surface area contributed by atoms with Crippen LogP contribution >= 0.6 is 0 Å². The van der Waals surface area contributed by atoms with E-state index in [1.807, 2.05) is 42.5 Å². The van der Waals surface area contributed by atoms with Gasteiger partial charge in [0.25, 0.3) is 0 Å². The van der Waals surface area contributed by atoms with Gasteiger partial charge in [0, 0.05) is 17.4 Å². The van der Waals surface area contributed by atoms with E-state index in [2.05, 4.69) is 49.6 Å². The molecule has 38 heavy (non-hydrogen) atoms. The third-order valence-electron chi connectivity index (χ3n) is 6.58. The number of carboxylic acids is 1. The monoisotopic (exact) mass is 515 g/mol. The molecule has 0 aliphatic heterocycles. The fourth-order valence-electron chi connectivity index (χ4n) is 4.52. The molecule has 0 fully saturated rings. The van der Waals surface area contributed by atoms with Crippen LogP contribution in [0.5, 0.6) is 17.2 Å². The number of unbranched alkanes of at least 4 members (excludes halogenated alkanes) is 2. The second-order valence-electron chi connectivity index (χ2n) is 9.49. The second-order valence-corrected chi connectivity index (χ2v) is 9.49. The van der Waals surface area contributed by atoms with Gasteiger partial charge in [-0.05, 0) is 91.1 Å². The van der Waals surface area contributed by atoms with Crippen LogP contribution in [-0.2, 0) is 11.3 Å². The Morgan fingerprint density at radius 2 is 1.37 bits per heavy atom. The van der Waals surface area contributed by atoms with Gasteiger partial charge in [0.2, 0.25) is 0 Å². The summed E-state index contributed by atoms with van der Waals surface area (Å²) in [6, 6.07) is 22.3. The number of aryl methyl sites for hydroxylation is 1. The number of hydrogen-bond donors (Lipinski definition) is 1. The Kier molecular flexibility index (Phi) is 9.30. The molecule has 0 spiro atoms. The number of rotatable bonds is 14. The van der Waals surface area contributed by atoms with Crippen LogP contribution in [0.25, 0.3) is 22.2 Å². The molecule has 0 radical (unpaired) electrons. The molecule has 6 heteroatoms. The van der Waals surface area contributed by atoms with Crippen molar-refractivity contribution >= 4 is 16.9 Å². The van der Waals surface area contributed by atoms with Crippen molar-refractivity contribution in [1.82, 2.24) is 4.57 Å². The van der Waals surface area contributed by atoms with Gasteiger partial charge in [-0.1, -0.05) is 38.8 Å². The molecule has 200 valence electrons. The molecule has 1 N–H and O–H groups in total. The summed E-state index contributed by atoms with van der Waals surface area (Å²) in [4.78, 5) is 10.8. The van der Waals surface area contributed by atoms with E-state index >= 15 is 0 Å². The highest BCUT2D eigenvalue weighted by Crippen LogP contribution is 2.36. The Hall–Kier alpha value is -3.93. The maximum atomic E-state index is 10.8. The Morgan fingerprint density at radius 1 is 0.789 bits per heavy atom. The number of fused-ring (bicyclic) bond motifs is 1. The van der Waals surface area contributed by atoms with E-state index in [-0.39, 0.29) is 6.61 Å². The van der Waals surface area contributed by atoms with Gasteiger partial charge >= 0.3 is 5.97 Å². The number of hydrogen-bond acceptors (Lipinski definition) is 4. The third kappa shape index (κ3) is 6.68. The van der Waals surface area contributed by atoms with Crippen molar-refractivity contribution in [3.8, 4) is 28.5 Å². The molecule has 3 aromatic carbocycles. The van der Waals surface area contributed by atoms with Crippen LogP contribution in [-0.4, -0.2) is 35.5 Å². The first kappa shape index (κ1) is 27.1. The molecular weight excluding hydrogens is 478 g/mol. The van der Waals surface area contributed by atoms with Gasteiger partial charge < -0.3 is 23.9 Å². The fourth-order valence-corrected chi connectivity index (χ4v) is 4.52. The molecule has 1 aromatic heterocycles. The zero-order valence-electron chi connectivity index (χ0n) is 22.5. The maximum Gasteiger partial charge on any atom is 0.341 e. The number of aliphatic carboxylic acids is 1. The number of ether oxygens (including phenoxy) is 3. The van der Waals surface area contributed by atoms with Gasteiger partial charge in [0.15, 0.2) is 6.61 Å². The van der Waals surface area contributed by atoms with Gasteiger partial charge in [0.1, 0.15) is 17.2 Å². The average molecular weight is 516 g/mol. The van der Waals surface area contributed by atoms with Crippen molar-refractivity contribution < 1.29 is 24.1 Å². The zero-order valence-corrected chi connectivity index (χ0v) is 22.5. The van der Waals surface area contributed by atoms with Crippen molar-refractivity contribution in [2.75, 3.05) is 19.8 Å². The molecule has 0 bridgehead atoms. The number of carboxylic acid groups (broad SMARTS) is 1. The van der Waals surface area contributed by atoms with Gasteiger partial charge in [-0.15, -0.1) is 0 Å². The number of nitrogens with zero attached hydrogens (tertiary/aromatic N) is 1. The largest absolute Gasteiger partial charge is 0.494 e. The molecule has 6 nitrogen and oxygen atoms in total. The van der Waals surface area contributed by atoms with E-state index in [0.29, 0.717) is 18.9 Å². The molecular formula is C32H37NO5. The van der Waals surface area contributed by atoms with Gasteiger partial charge in [-0.2, -0.15) is 0 Å². The number of carbonyl (C=O) groups is 1. The summed E-state index contributed by atoms with van der Waals surface area (Å²) in [7, 11) is 0. The normalized spacial score (nSPS) is 11.0. The van der Waals surface area contributed by atoms with Crippen molar-refractivity contribution in [2.24, 2.45) is 0 Å². The van der Waals surface area contributed by atoms with E-state index < -0.39 is 5.97 Å². The highest BCUT2D eigenvalue weighted by atomic mass is 16.5. The highest BCUT2D eigenvalue weighted by molar-refractivity contribution is 5.92. The Bertz CT molecular complexity index is 1340. The standard InChI is InChI=1S/C32H37NO5/c1-4-6-18-36-26-14-10-25(11-15-26)32-23(3)29-20-28(37-19-7-5-2)16-17-30(29)33(32)21-24-8-12-27(13-9-24)38-22-31(34)35/h8-17,20H,4-7,18-19,21-22H2,1-3H3,(H,34,35). The van der Waals surface area contributed by atoms with Crippen LogP contribution in [0, 0.1) is 6.92 Å². The lowest BCUT2D eigenvalue weighted by molar-refractivity contribution is -0.139. The first-order valence-corrected chi connectivity index (χ1v) is 13.4. The summed E-state index contributed by atoms with van der Waals surface area (Å²) in [5.74, 6) is 1.31. The molecule has 0 saturated heterocycles. The Balaban J connectivity index is 1.69. The van der Waals surface area contributed by atoms with E-state index in [9.17, 15) is 4.79 Å². The Labute approximate surface area is 224 Å². The van der Waals surface area contributed by atoms with Gasteiger partial charge in [0.05, 0.1) is 18.9 Å². The summed E-state index contributed by atoms with van der Waals surface area (Å²) in [5, 5.41) is 10.0. The van der Waals surface area contributed by atoms with Crippen molar-refractivity contribution in [3.63, 3.8) is 0 Å². The molecule has 0 atom stereocenters. The predicted molar refractivity (Wildman–Crippen MR) is 152 cm³/mol. The molecule has 0 saturated carbocycles. The lowest BCUT2D eigenvalue weighted by Crippen LogP contribution is -2.09. The van der Waals surface area contributed by atoms with Crippen molar-refractivity contribution in [2.45, 2.75) is 53.0 Å². The molecule has 0 unspecified atom stereocenters. The summed E-state index contributed by atoms with van der Waals surface area (Å²) < 4.78 is 19.5. The minimum atomic E-state index is -0.993. The quantitative estimate of drug-likeness (QED) is 0.176. The minimum absolute atomic E-state index is 0.355. The molecule has 0 amide bonds. The number of benzene rings is 3. The summed E-state index contributed by atoms with van der Waals surface area (Å²) in [6.07, 6.45) is 4.27. The smallest absolute Gasteiger partial charge is 0.341 e. The lowest BCUT2D eigenvalue weighted by atomic mass is 10.1. The van der Waals surface area contributed by atoms with Crippen LogP contribution in [0.1, 0.15) is 50.7 Å². The van der Waals surface area contributed by atoms with E-state index in [1.54, 1.807) is 0 Å². The maximum absolute atomic E-state index is 10.8. The van der Waals surface area contributed by atoms with Crippen LogP contribution in [0.2, 0.25) is 0 Å². The molecule has 4 aromatic rings. The van der Waals surface area contributed by atoms with Crippen molar-refractivity contribution in [3.05, 3.63) is 77.9 Å². The zero-order chi connectivity index (χ0) is 26.9. The number of aromatic nitrogens is 1. The van der Waals surface area contributed by atoms with E-state index in [0.717, 1.165) is 66.1 Å². The fraction of sp³-hybridized carbons (Fsp3) is 0.344. The first-order chi connectivity index (χ1) is 18.5. The van der Waals surface area contributed by atoms with E-state index in [1.165, 1.54) is 10.9 Å². The van der Waals surface area contributed by atoms with Crippen LogP contribution in [0.15, 0.2) is 66.7 Å². The first-order valence-electron chi connectivity index (χ1n) is 13.4. The molecule has 0 aliphatic carbocycles. The van der Waals surface area contributed by atoms with Crippen LogP contribution in [0.4, 0.5) is 0 Å². The molecule has 0 aliphatic rings. The Morgan fingerprint density at radius 3 is 2.00 bits per heavy atom. The highest BCUT2D eigenvalue weighted by Gasteiger charge is 2.17. The summed E-state index contributed by atoms with van der Waals surface area (Å²) >= 11 is 0. The van der Waals surface area contributed by atoms with E-state index in [4.69, 9.17) is 19.3 Å². The van der Waals surface area contributed by atoms with Crippen molar-refractivity contribution in [1.29, 1.82) is 0 Å². The predicted octanol–water partition coefficient (Wildman–Crippen LogP) is 7.49. The van der Waals surface area contributed by atoms with Gasteiger partial charge in [-0.3, -0.25) is 0 Å². The van der Waals surface area contributed by atoms with Crippen LogP contribution < -0.4 is 14.2 Å².